The number of carbonyl (C=O) groups excluding carboxylic acids is 1. The van der Waals surface area contributed by atoms with Gasteiger partial charge in [0.15, 0.2) is 0 Å². The fourth-order valence-electron chi connectivity index (χ4n) is 3.17. The second-order valence-electron chi connectivity index (χ2n) is 7.97. The molecule has 1 aliphatic rings. The number of hydrogen-bond donors (Lipinski definition) is 1. The average Bonchev–Trinajstić information content (AvgIpc) is 3.08. The predicted molar refractivity (Wildman–Crippen MR) is 110 cm³/mol. The van der Waals surface area contributed by atoms with Crippen LogP contribution in [0.3, 0.4) is 0 Å². The maximum absolute atomic E-state index is 12.0. The Morgan fingerprint density at radius 3 is 2.82 bits per heavy atom. The molecule has 0 saturated carbocycles. The SMILES string of the molecule is CCC(COc1cncc(N2CCc3ccccc32)c1)NC(=O)OC(C)(C)C. The Labute approximate surface area is 166 Å². The molecule has 2 heterocycles. The first-order chi connectivity index (χ1) is 13.4. The quantitative estimate of drug-likeness (QED) is 0.798. The van der Waals surface area contributed by atoms with E-state index in [9.17, 15) is 4.79 Å². The highest BCUT2D eigenvalue weighted by atomic mass is 16.6. The van der Waals surface area contributed by atoms with Crippen molar-refractivity contribution in [2.24, 2.45) is 0 Å². The van der Waals surface area contributed by atoms with Gasteiger partial charge in [-0.25, -0.2) is 4.79 Å². The number of benzene rings is 1. The van der Waals surface area contributed by atoms with Gasteiger partial charge in [-0.05, 0) is 45.2 Å². The lowest BCUT2D eigenvalue weighted by Gasteiger charge is -2.23. The van der Waals surface area contributed by atoms with Crippen LogP contribution < -0.4 is 15.0 Å². The molecule has 0 bridgehead atoms. The number of hydrogen-bond acceptors (Lipinski definition) is 5. The first-order valence-electron chi connectivity index (χ1n) is 9.78. The molecule has 3 rings (SSSR count). The molecule has 0 spiro atoms. The van der Waals surface area contributed by atoms with Crippen LogP contribution in [0, 0.1) is 0 Å². The molecule has 6 heteroatoms. The summed E-state index contributed by atoms with van der Waals surface area (Å²) in [5.41, 5.74) is 3.06. The van der Waals surface area contributed by atoms with Gasteiger partial charge in [-0.2, -0.15) is 0 Å². The lowest BCUT2D eigenvalue weighted by molar-refractivity contribution is 0.0486. The Hall–Kier alpha value is -2.76. The summed E-state index contributed by atoms with van der Waals surface area (Å²) in [5.74, 6) is 0.686. The zero-order valence-electron chi connectivity index (χ0n) is 17.1. The summed E-state index contributed by atoms with van der Waals surface area (Å²) in [5, 5.41) is 2.86. The van der Waals surface area contributed by atoms with E-state index in [1.807, 2.05) is 40.0 Å². The van der Waals surface area contributed by atoms with Crippen molar-refractivity contribution in [1.82, 2.24) is 10.3 Å². The van der Waals surface area contributed by atoms with Gasteiger partial charge in [-0.3, -0.25) is 4.98 Å². The second kappa shape index (κ2) is 8.50. The minimum absolute atomic E-state index is 0.133. The topological polar surface area (TPSA) is 63.7 Å². The highest BCUT2D eigenvalue weighted by Gasteiger charge is 2.21. The summed E-state index contributed by atoms with van der Waals surface area (Å²) in [6.07, 6.45) is 4.89. The number of anilines is 2. The van der Waals surface area contributed by atoms with Crippen molar-refractivity contribution in [3.63, 3.8) is 0 Å². The van der Waals surface area contributed by atoms with Gasteiger partial charge >= 0.3 is 6.09 Å². The van der Waals surface area contributed by atoms with Crippen LogP contribution in [-0.4, -0.2) is 35.9 Å². The molecule has 28 heavy (non-hydrogen) atoms. The smallest absolute Gasteiger partial charge is 0.407 e. The Kier molecular flexibility index (Phi) is 6.07. The molecule has 1 amide bonds. The Morgan fingerprint density at radius 1 is 1.29 bits per heavy atom. The van der Waals surface area contributed by atoms with Crippen molar-refractivity contribution in [3.05, 3.63) is 48.3 Å². The summed E-state index contributed by atoms with van der Waals surface area (Å²) < 4.78 is 11.2. The van der Waals surface area contributed by atoms with Gasteiger partial charge in [0, 0.05) is 18.3 Å². The van der Waals surface area contributed by atoms with Crippen LogP contribution in [0.5, 0.6) is 5.75 Å². The van der Waals surface area contributed by atoms with E-state index < -0.39 is 11.7 Å². The third-order valence-corrected chi connectivity index (χ3v) is 4.56. The third-order valence-electron chi connectivity index (χ3n) is 4.56. The normalized spacial score (nSPS) is 14.4. The van der Waals surface area contributed by atoms with Crippen LogP contribution in [0.15, 0.2) is 42.7 Å². The van der Waals surface area contributed by atoms with Gasteiger partial charge in [0.05, 0.1) is 24.1 Å². The first-order valence-corrected chi connectivity index (χ1v) is 9.78. The van der Waals surface area contributed by atoms with Crippen molar-refractivity contribution in [1.29, 1.82) is 0 Å². The van der Waals surface area contributed by atoms with E-state index in [1.54, 1.807) is 6.20 Å². The number of nitrogens with one attached hydrogen (secondary N) is 1. The number of carbonyl (C=O) groups is 1. The maximum atomic E-state index is 12.0. The van der Waals surface area contributed by atoms with E-state index in [1.165, 1.54) is 11.3 Å². The van der Waals surface area contributed by atoms with Crippen LogP contribution >= 0.6 is 0 Å². The van der Waals surface area contributed by atoms with E-state index in [-0.39, 0.29) is 6.04 Å². The number of rotatable bonds is 6. The van der Waals surface area contributed by atoms with Gasteiger partial charge in [0.25, 0.3) is 0 Å². The number of nitrogens with zero attached hydrogens (tertiary/aromatic N) is 2. The molecular weight excluding hydrogens is 354 g/mol. The standard InChI is InChI=1S/C22H29N3O3/c1-5-17(24-21(26)28-22(2,3)4)15-27-19-12-18(13-23-14-19)25-11-10-16-8-6-7-9-20(16)25/h6-9,12-14,17H,5,10-11,15H2,1-4H3,(H,24,26). The van der Waals surface area contributed by atoms with Crippen LogP contribution in [0.4, 0.5) is 16.2 Å². The number of pyridine rings is 1. The van der Waals surface area contributed by atoms with Crippen LogP contribution in [0.25, 0.3) is 0 Å². The molecule has 0 saturated heterocycles. The van der Waals surface area contributed by atoms with Crippen molar-refractivity contribution in [2.75, 3.05) is 18.1 Å². The van der Waals surface area contributed by atoms with E-state index in [0.717, 1.165) is 25.1 Å². The van der Waals surface area contributed by atoms with Gasteiger partial charge < -0.3 is 19.7 Å². The van der Waals surface area contributed by atoms with Crippen molar-refractivity contribution >= 4 is 17.5 Å². The largest absolute Gasteiger partial charge is 0.490 e. The first kappa shape index (κ1) is 20.0. The fourth-order valence-corrected chi connectivity index (χ4v) is 3.17. The summed E-state index contributed by atoms with van der Waals surface area (Å²) in [4.78, 5) is 18.6. The molecule has 6 nitrogen and oxygen atoms in total. The lowest BCUT2D eigenvalue weighted by atomic mass is 10.2. The Morgan fingerprint density at radius 2 is 2.07 bits per heavy atom. The zero-order chi connectivity index (χ0) is 20.1. The molecule has 1 unspecified atom stereocenters. The molecule has 1 aromatic carbocycles. The van der Waals surface area contributed by atoms with E-state index >= 15 is 0 Å². The molecular formula is C22H29N3O3. The average molecular weight is 383 g/mol. The van der Waals surface area contributed by atoms with Crippen LogP contribution in [0.2, 0.25) is 0 Å². The molecule has 2 aromatic rings. The minimum Gasteiger partial charge on any atom is -0.490 e. The van der Waals surface area contributed by atoms with Gasteiger partial charge in [-0.15, -0.1) is 0 Å². The molecule has 0 fully saturated rings. The monoisotopic (exact) mass is 383 g/mol. The minimum atomic E-state index is -0.520. The molecule has 0 aliphatic carbocycles. The van der Waals surface area contributed by atoms with Crippen molar-refractivity contribution in [3.8, 4) is 5.75 Å². The number of alkyl carbamates (subject to hydrolysis) is 1. The molecule has 150 valence electrons. The van der Waals surface area contributed by atoms with E-state index in [2.05, 4.69) is 39.5 Å². The van der Waals surface area contributed by atoms with Crippen LogP contribution in [-0.2, 0) is 11.2 Å². The summed E-state index contributed by atoms with van der Waals surface area (Å²) in [6, 6.07) is 10.3. The Balaban J connectivity index is 1.61. The highest BCUT2D eigenvalue weighted by Crippen LogP contribution is 2.34. The number of amides is 1. The fraction of sp³-hybridized carbons (Fsp3) is 0.455. The third kappa shape index (κ3) is 5.15. The van der Waals surface area contributed by atoms with Gasteiger partial charge in [0.1, 0.15) is 18.0 Å². The van der Waals surface area contributed by atoms with Crippen molar-refractivity contribution < 1.29 is 14.3 Å². The maximum Gasteiger partial charge on any atom is 0.407 e. The summed E-state index contributed by atoms with van der Waals surface area (Å²) >= 11 is 0. The summed E-state index contributed by atoms with van der Waals surface area (Å²) in [6.45, 7) is 8.83. The molecule has 1 N–H and O–H groups in total. The van der Waals surface area contributed by atoms with Crippen molar-refractivity contribution in [2.45, 2.75) is 52.2 Å². The van der Waals surface area contributed by atoms with E-state index in [0.29, 0.717) is 12.4 Å². The van der Waals surface area contributed by atoms with Gasteiger partial charge in [0.2, 0.25) is 0 Å². The molecule has 1 aliphatic heterocycles. The predicted octanol–water partition coefficient (Wildman–Crippen LogP) is 4.46. The summed E-state index contributed by atoms with van der Waals surface area (Å²) in [7, 11) is 0. The van der Waals surface area contributed by atoms with Gasteiger partial charge in [-0.1, -0.05) is 25.1 Å². The number of para-hydroxylation sites is 1. The second-order valence-corrected chi connectivity index (χ2v) is 7.97. The molecule has 1 atom stereocenters. The zero-order valence-corrected chi connectivity index (χ0v) is 17.1. The molecule has 0 radical (unpaired) electrons. The Bertz CT molecular complexity index is 817. The number of aromatic nitrogens is 1. The van der Waals surface area contributed by atoms with E-state index in [4.69, 9.17) is 9.47 Å². The van der Waals surface area contributed by atoms with Crippen LogP contribution in [0.1, 0.15) is 39.7 Å². The number of fused-ring (bicyclic) bond motifs is 1. The lowest BCUT2D eigenvalue weighted by Crippen LogP contribution is -2.41. The highest BCUT2D eigenvalue weighted by molar-refractivity contribution is 5.70. The molecule has 1 aromatic heterocycles. The number of ether oxygens (including phenoxy) is 2.